The number of piperazine rings is 1. The number of hydrogen-bond donors (Lipinski definition) is 1. The molecule has 0 saturated carbocycles. The Labute approximate surface area is 145 Å². The van der Waals surface area contributed by atoms with E-state index in [0.29, 0.717) is 6.54 Å². The smallest absolute Gasteiger partial charge is 0.234 e. The van der Waals surface area contributed by atoms with Crippen molar-refractivity contribution in [1.82, 2.24) is 10.2 Å². The van der Waals surface area contributed by atoms with Crippen LogP contribution in [0.1, 0.15) is 44.0 Å². The Morgan fingerprint density at radius 2 is 1.75 bits per heavy atom. The summed E-state index contributed by atoms with van der Waals surface area (Å²) in [7, 11) is 0. The van der Waals surface area contributed by atoms with E-state index in [4.69, 9.17) is 0 Å². The number of Topliss-reactive ketones (excluding diaryl/α,β-unsaturated/α-hetero) is 1. The monoisotopic (exact) mass is 331 g/mol. The fourth-order valence-corrected chi connectivity index (χ4v) is 3.10. The molecule has 1 aromatic rings. The van der Waals surface area contributed by atoms with E-state index in [-0.39, 0.29) is 17.7 Å². The second-order valence-corrected chi connectivity index (χ2v) is 6.62. The summed E-state index contributed by atoms with van der Waals surface area (Å²) >= 11 is 0. The molecule has 0 radical (unpaired) electrons. The maximum Gasteiger partial charge on any atom is 0.234 e. The van der Waals surface area contributed by atoms with Crippen LogP contribution in [-0.4, -0.2) is 55.4 Å². The molecule has 5 nitrogen and oxygen atoms in total. The number of ketones is 1. The molecule has 2 rings (SSSR count). The number of rotatable bonds is 7. The molecule has 1 amide bonds. The number of carbonyl (C=O) groups excluding carboxylic acids is 2. The molecule has 1 heterocycles. The Bertz CT molecular complexity index is 548. The van der Waals surface area contributed by atoms with E-state index in [2.05, 4.69) is 29.0 Å². The zero-order chi connectivity index (χ0) is 17.5. The fraction of sp³-hybridized carbons (Fsp3) is 0.579. The van der Waals surface area contributed by atoms with Crippen molar-refractivity contribution in [3.8, 4) is 0 Å². The van der Waals surface area contributed by atoms with Crippen molar-refractivity contribution in [2.24, 2.45) is 0 Å². The quantitative estimate of drug-likeness (QED) is 0.779. The Morgan fingerprint density at radius 1 is 1.12 bits per heavy atom. The zero-order valence-electron chi connectivity index (χ0n) is 15.0. The molecule has 132 valence electrons. The van der Waals surface area contributed by atoms with Crippen LogP contribution in [-0.2, 0) is 4.79 Å². The van der Waals surface area contributed by atoms with Gasteiger partial charge in [0.15, 0.2) is 5.78 Å². The van der Waals surface area contributed by atoms with E-state index < -0.39 is 0 Å². The maximum atomic E-state index is 12.1. The number of nitrogens with zero attached hydrogens (tertiary/aromatic N) is 2. The summed E-state index contributed by atoms with van der Waals surface area (Å²) in [5, 5.41) is 3.06. The predicted molar refractivity (Wildman–Crippen MR) is 97.6 cm³/mol. The lowest BCUT2D eigenvalue weighted by Crippen LogP contribution is -2.50. The molecule has 1 saturated heterocycles. The van der Waals surface area contributed by atoms with Gasteiger partial charge in [-0.2, -0.15) is 0 Å². The first kappa shape index (κ1) is 18.5. The van der Waals surface area contributed by atoms with E-state index in [9.17, 15) is 9.59 Å². The van der Waals surface area contributed by atoms with Crippen molar-refractivity contribution in [2.45, 2.75) is 39.7 Å². The molecule has 1 atom stereocenters. The largest absolute Gasteiger partial charge is 0.369 e. The van der Waals surface area contributed by atoms with Gasteiger partial charge in [-0.25, -0.2) is 0 Å². The standard InChI is InChI=1S/C19H29N3O2/c1-4-5-15(2)20-19(24)14-21-10-12-22(13-11-21)18-8-6-17(7-9-18)16(3)23/h6-9,15H,4-5,10-14H2,1-3H3,(H,20,24). The maximum absolute atomic E-state index is 12.1. The van der Waals surface area contributed by atoms with E-state index in [1.165, 1.54) is 0 Å². The molecule has 0 aliphatic carbocycles. The SMILES string of the molecule is CCCC(C)NC(=O)CN1CCN(c2ccc(C(C)=O)cc2)CC1. The van der Waals surface area contributed by atoms with Crippen LogP contribution in [0.25, 0.3) is 0 Å². The number of benzene rings is 1. The van der Waals surface area contributed by atoms with Crippen molar-refractivity contribution in [3.63, 3.8) is 0 Å². The highest BCUT2D eigenvalue weighted by Crippen LogP contribution is 2.17. The first-order valence-electron chi connectivity index (χ1n) is 8.87. The minimum absolute atomic E-state index is 0.0923. The lowest BCUT2D eigenvalue weighted by molar-refractivity contribution is -0.123. The van der Waals surface area contributed by atoms with Crippen LogP contribution in [0.15, 0.2) is 24.3 Å². The molecule has 0 bridgehead atoms. The number of anilines is 1. The Hall–Kier alpha value is -1.88. The molecule has 5 heteroatoms. The molecule has 1 N–H and O–H groups in total. The normalized spacial score (nSPS) is 16.7. The number of nitrogens with one attached hydrogen (secondary N) is 1. The minimum Gasteiger partial charge on any atom is -0.369 e. The lowest BCUT2D eigenvalue weighted by atomic mass is 10.1. The van der Waals surface area contributed by atoms with Gasteiger partial charge < -0.3 is 10.2 Å². The summed E-state index contributed by atoms with van der Waals surface area (Å²) in [4.78, 5) is 27.9. The van der Waals surface area contributed by atoms with E-state index in [0.717, 1.165) is 50.3 Å². The third kappa shape index (κ3) is 5.34. The third-order valence-corrected chi connectivity index (χ3v) is 4.51. The summed E-state index contributed by atoms with van der Waals surface area (Å²) in [5.41, 5.74) is 1.89. The summed E-state index contributed by atoms with van der Waals surface area (Å²) < 4.78 is 0. The molecule has 0 aromatic heterocycles. The van der Waals surface area contributed by atoms with Gasteiger partial charge in [-0.05, 0) is 44.5 Å². The van der Waals surface area contributed by atoms with E-state index >= 15 is 0 Å². The van der Waals surface area contributed by atoms with Crippen LogP contribution in [0, 0.1) is 0 Å². The first-order valence-corrected chi connectivity index (χ1v) is 8.87. The van der Waals surface area contributed by atoms with Gasteiger partial charge in [0.05, 0.1) is 6.54 Å². The van der Waals surface area contributed by atoms with Crippen LogP contribution < -0.4 is 10.2 Å². The molecular weight excluding hydrogens is 302 g/mol. The van der Waals surface area contributed by atoms with E-state index in [1.54, 1.807) is 6.92 Å². The Morgan fingerprint density at radius 3 is 2.29 bits per heavy atom. The lowest BCUT2D eigenvalue weighted by Gasteiger charge is -2.36. The van der Waals surface area contributed by atoms with Crippen LogP contribution >= 0.6 is 0 Å². The predicted octanol–water partition coefficient (Wildman–Crippen LogP) is 2.32. The second kappa shape index (κ2) is 8.83. The Balaban J connectivity index is 1.78. The molecule has 1 unspecified atom stereocenters. The van der Waals surface area contributed by atoms with Crippen molar-refractivity contribution in [2.75, 3.05) is 37.6 Å². The molecule has 1 fully saturated rings. The van der Waals surface area contributed by atoms with Gasteiger partial charge >= 0.3 is 0 Å². The minimum atomic E-state index is 0.0923. The van der Waals surface area contributed by atoms with Crippen molar-refractivity contribution in [1.29, 1.82) is 0 Å². The number of amides is 1. The fourth-order valence-electron chi connectivity index (χ4n) is 3.10. The summed E-state index contributed by atoms with van der Waals surface area (Å²) in [6.45, 7) is 9.81. The topological polar surface area (TPSA) is 52.7 Å². The molecule has 24 heavy (non-hydrogen) atoms. The van der Waals surface area contributed by atoms with Gasteiger partial charge in [-0.3, -0.25) is 14.5 Å². The van der Waals surface area contributed by atoms with Crippen molar-refractivity contribution in [3.05, 3.63) is 29.8 Å². The highest BCUT2D eigenvalue weighted by Gasteiger charge is 2.19. The molecule has 0 spiro atoms. The molecule has 1 aromatic carbocycles. The van der Waals surface area contributed by atoms with Gasteiger partial charge in [0.2, 0.25) is 5.91 Å². The first-order chi connectivity index (χ1) is 11.5. The van der Waals surface area contributed by atoms with Crippen LogP contribution in [0.3, 0.4) is 0 Å². The van der Waals surface area contributed by atoms with Crippen LogP contribution in [0.4, 0.5) is 5.69 Å². The summed E-state index contributed by atoms with van der Waals surface area (Å²) in [6.07, 6.45) is 2.11. The number of hydrogen-bond acceptors (Lipinski definition) is 4. The van der Waals surface area contributed by atoms with Crippen molar-refractivity contribution < 1.29 is 9.59 Å². The molecule has 1 aliphatic heterocycles. The highest BCUT2D eigenvalue weighted by molar-refractivity contribution is 5.94. The molecular formula is C19H29N3O2. The van der Waals surface area contributed by atoms with Crippen molar-refractivity contribution >= 4 is 17.4 Å². The summed E-state index contributed by atoms with van der Waals surface area (Å²) in [5.74, 6) is 0.213. The van der Waals surface area contributed by atoms with Gasteiger partial charge in [0.25, 0.3) is 0 Å². The third-order valence-electron chi connectivity index (χ3n) is 4.51. The average Bonchev–Trinajstić information content (AvgIpc) is 2.55. The van der Waals surface area contributed by atoms with Gasteiger partial charge in [-0.1, -0.05) is 13.3 Å². The van der Waals surface area contributed by atoms with Crippen LogP contribution in [0.5, 0.6) is 0 Å². The average molecular weight is 331 g/mol. The highest BCUT2D eigenvalue weighted by atomic mass is 16.2. The van der Waals surface area contributed by atoms with Crippen LogP contribution in [0.2, 0.25) is 0 Å². The zero-order valence-corrected chi connectivity index (χ0v) is 15.0. The summed E-state index contributed by atoms with van der Waals surface area (Å²) in [6, 6.07) is 8.03. The van der Waals surface area contributed by atoms with Gasteiger partial charge in [0.1, 0.15) is 0 Å². The van der Waals surface area contributed by atoms with E-state index in [1.807, 2.05) is 24.3 Å². The number of carbonyl (C=O) groups is 2. The van der Waals surface area contributed by atoms with Gasteiger partial charge in [-0.15, -0.1) is 0 Å². The Kier molecular flexibility index (Phi) is 6.79. The van der Waals surface area contributed by atoms with Gasteiger partial charge in [0, 0.05) is 43.5 Å². The molecule has 1 aliphatic rings. The second-order valence-electron chi connectivity index (χ2n) is 6.62.